The number of rotatable bonds is 18. The smallest absolute Gasteiger partial charge is 0.252 e. The number of benzene rings is 2. The fraction of sp³-hybridized carbons (Fsp3) is 0.571. The van der Waals surface area contributed by atoms with Gasteiger partial charge in [-0.3, -0.25) is 28.8 Å². The number of carbonyl (C=O) groups is 6. The largest absolute Gasteiger partial charge is 0.394 e. The molecule has 21 nitrogen and oxygen atoms in total. The molecular weight excluding hydrogens is 828 g/mol. The van der Waals surface area contributed by atoms with Gasteiger partial charge in [-0.05, 0) is 81.3 Å². The molecule has 0 aromatic heterocycles. The Balaban J connectivity index is 2.27. The van der Waals surface area contributed by atoms with Gasteiger partial charge in [0.2, 0.25) is 11.8 Å². The van der Waals surface area contributed by atoms with Gasteiger partial charge in [-0.25, -0.2) is 0 Å². The van der Waals surface area contributed by atoms with Gasteiger partial charge in [-0.2, -0.15) is 0 Å². The molecule has 6 amide bonds. The van der Waals surface area contributed by atoms with Crippen molar-refractivity contribution in [2.24, 2.45) is 0 Å². The molecule has 3 rings (SSSR count). The van der Waals surface area contributed by atoms with Crippen molar-refractivity contribution in [3.63, 3.8) is 0 Å². The third-order valence-electron chi connectivity index (χ3n) is 10.9. The van der Waals surface area contributed by atoms with E-state index in [1.54, 1.807) is 0 Å². The summed E-state index contributed by atoms with van der Waals surface area (Å²) in [6.07, 6.45) is -7.40. The van der Waals surface area contributed by atoms with E-state index >= 15 is 0 Å². The first-order chi connectivity index (χ1) is 29.7. The van der Waals surface area contributed by atoms with E-state index in [-0.39, 0.29) is 112 Å². The van der Waals surface area contributed by atoms with Gasteiger partial charge in [0, 0.05) is 61.3 Å². The molecule has 2 aromatic carbocycles. The topological polar surface area (TPSA) is 339 Å². The summed E-state index contributed by atoms with van der Waals surface area (Å²) in [5, 5.41) is 99.1. The van der Waals surface area contributed by atoms with Gasteiger partial charge in [0.05, 0.1) is 81.4 Å². The number of anilines is 2. The van der Waals surface area contributed by atoms with Crippen LogP contribution in [0.4, 0.5) is 11.4 Å². The monoisotopic (exact) mass is 890 g/mol. The molecule has 1 aliphatic heterocycles. The zero-order valence-electron chi connectivity index (χ0n) is 36.4. The standard InChI is InChI=1S/C42H62N6O15/c1-20-33(39(60)43-10-26(53)16-49)22(3)37(23(4)34(20)40(61)44-11-27(54)17-50)47-14-30(57)15-48(32(59)9-7-8-31(47)58)38-24(5)35(41(62)45-12-28(55)18-51)21(2)36(25(38)6)42(63)46-13-29(56)19-52/h26-30,49-57H,7-19H2,1-6H3,(H,43,60)(H,44,61)(H,45,62)(H,46,63). The molecule has 13 N–H and O–H groups in total. The van der Waals surface area contributed by atoms with E-state index in [1.807, 2.05) is 0 Å². The van der Waals surface area contributed by atoms with Crippen molar-refractivity contribution in [1.82, 2.24) is 21.3 Å². The Morgan fingerprint density at radius 1 is 0.492 bits per heavy atom. The van der Waals surface area contributed by atoms with E-state index in [9.17, 15) is 74.7 Å². The van der Waals surface area contributed by atoms with E-state index in [4.69, 9.17) is 0 Å². The second-order valence-corrected chi connectivity index (χ2v) is 15.6. The van der Waals surface area contributed by atoms with Crippen molar-refractivity contribution >= 4 is 46.8 Å². The molecule has 1 aliphatic rings. The SMILES string of the molecule is Cc1c(C(=O)NCC(O)CO)c(C)c(N2CC(O)CN(c3c(C)c(C(=O)NCC(O)CO)c(C)c(C(=O)NCC(O)CO)c3C)C(=O)CCCC2=O)c(C)c1C(=O)NCC(O)CO. The molecule has 63 heavy (non-hydrogen) atoms. The number of amides is 6. The lowest BCUT2D eigenvalue weighted by Crippen LogP contribution is -2.47. The summed E-state index contributed by atoms with van der Waals surface area (Å²) in [7, 11) is 0. The van der Waals surface area contributed by atoms with Crippen molar-refractivity contribution in [3.05, 3.63) is 55.6 Å². The van der Waals surface area contributed by atoms with Crippen LogP contribution in [-0.4, -0.2) is 178 Å². The molecule has 0 radical (unpaired) electrons. The fourth-order valence-corrected chi connectivity index (χ4v) is 7.81. The summed E-state index contributed by atoms with van der Waals surface area (Å²) in [5.41, 5.74) is 1.01. The number of carbonyl (C=O) groups excluding carboxylic acids is 6. The molecule has 0 bridgehead atoms. The third-order valence-corrected chi connectivity index (χ3v) is 10.9. The maximum Gasteiger partial charge on any atom is 0.252 e. The summed E-state index contributed by atoms with van der Waals surface area (Å²) in [6, 6.07) is 0. The second-order valence-electron chi connectivity index (χ2n) is 15.6. The molecule has 2 aromatic rings. The molecule has 4 unspecified atom stereocenters. The van der Waals surface area contributed by atoms with E-state index in [1.165, 1.54) is 51.3 Å². The lowest BCUT2D eigenvalue weighted by molar-refractivity contribution is -0.121. The van der Waals surface area contributed by atoms with Crippen LogP contribution < -0.4 is 31.1 Å². The summed E-state index contributed by atoms with van der Waals surface area (Å²) in [5.74, 6) is -4.23. The first-order valence-electron chi connectivity index (χ1n) is 20.5. The number of hydrogen-bond acceptors (Lipinski definition) is 15. The maximum atomic E-state index is 14.2. The van der Waals surface area contributed by atoms with Crippen LogP contribution in [0.2, 0.25) is 0 Å². The Kier molecular flexibility index (Phi) is 19.5. The Morgan fingerprint density at radius 2 is 0.730 bits per heavy atom. The number of aliphatic hydroxyl groups excluding tert-OH is 9. The molecule has 1 fully saturated rings. The minimum absolute atomic E-state index is 0.0355. The lowest BCUT2D eigenvalue weighted by atomic mass is 9.88. The number of nitrogens with one attached hydrogen (secondary N) is 4. The third kappa shape index (κ3) is 12.5. The highest BCUT2D eigenvalue weighted by Gasteiger charge is 2.35. The van der Waals surface area contributed by atoms with E-state index in [0.29, 0.717) is 0 Å². The van der Waals surface area contributed by atoms with Crippen molar-refractivity contribution < 1.29 is 74.7 Å². The highest BCUT2D eigenvalue weighted by Crippen LogP contribution is 2.38. The van der Waals surface area contributed by atoms with Crippen LogP contribution in [0.3, 0.4) is 0 Å². The average Bonchev–Trinajstić information content (AvgIpc) is 3.24. The summed E-state index contributed by atoms with van der Waals surface area (Å²) >= 11 is 0. The number of nitrogens with zero attached hydrogens (tertiary/aromatic N) is 2. The minimum Gasteiger partial charge on any atom is -0.394 e. The van der Waals surface area contributed by atoms with Crippen molar-refractivity contribution in [3.8, 4) is 0 Å². The predicted octanol–water partition coefficient (Wildman–Crippen LogP) is -3.22. The Hall–Kier alpha value is -5.10. The molecule has 4 atom stereocenters. The molecule has 21 heteroatoms. The highest BCUT2D eigenvalue weighted by molar-refractivity contribution is 6.10. The van der Waals surface area contributed by atoms with Gasteiger partial charge in [0.25, 0.3) is 23.6 Å². The van der Waals surface area contributed by atoms with Crippen LogP contribution in [0, 0.1) is 41.5 Å². The van der Waals surface area contributed by atoms with Crippen molar-refractivity contribution in [2.75, 3.05) is 75.5 Å². The summed E-state index contributed by atoms with van der Waals surface area (Å²) in [4.78, 5) is 85.7. The quantitative estimate of drug-likeness (QED) is 0.0701. The molecule has 0 saturated carbocycles. The highest BCUT2D eigenvalue weighted by atomic mass is 16.3. The normalized spacial score (nSPS) is 16.8. The van der Waals surface area contributed by atoms with Crippen LogP contribution in [0.25, 0.3) is 0 Å². The van der Waals surface area contributed by atoms with Crippen LogP contribution in [0.15, 0.2) is 0 Å². The Labute approximate surface area is 364 Å². The van der Waals surface area contributed by atoms with Crippen LogP contribution in [-0.2, 0) is 9.59 Å². The van der Waals surface area contributed by atoms with Gasteiger partial charge >= 0.3 is 0 Å². The van der Waals surface area contributed by atoms with Crippen LogP contribution in [0.5, 0.6) is 0 Å². The zero-order valence-corrected chi connectivity index (χ0v) is 36.4. The van der Waals surface area contributed by atoms with Crippen LogP contribution in [0.1, 0.15) is 94.1 Å². The van der Waals surface area contributed by atoms with E-state index in [2.05, 4.69) is 21.3 Å². The van der Waals surface area contributed by atoms with Gasteiger partial charge < -0.3 is 77.0 Å². The number of β-amino-alcohol motifs (C(OH)–C–C–N with tert-alkyl or cyclic N) is 1. The Bertz CT molecular complexity index is 1780. The first-order valence-corrected chi connectivity index (χ1v) is 20.5. The summed E-state index contributed by atoms with van der Waals surface area (Å²) in [6.45, 7) is 3.93. The van der Waals surface area contributed by atoms with Gasteiger partial charge in [0.15, 0.2) is 0 Å². The molecule has 1 heterocycles. The fourth-order valence-electron chi connectivity index (χ4n) is 7.81. The Morgan fingerprint density at radius 3 is 0.952 bits per heavy atom. The average molecular weight is 891 g/mol. The number of hydrogen-bond donors (Lipinski definition) is 13. The number of aliphatic hydroxyl groups is 9. The second kappa shape index (κ2) is 23.5. The molecular formula is C42H62N6O15. The van der Waals surface area contributed by atoms with Crippen molar-refractivity contribution in [2.45, 2.75) is 91.3 Å². The van der Waals surface area contributed by atoms with Crippen molar-refractivity contribution in [1.29, 1.82) is 0 Å². The van der Waals surface area contributed by atoms with Gasteiger partial charge in [-0.1, -0.05) is 0 Å². The first kappa shape index (κ1) is 52.2. The molecule has 1 saturated heterocycles. The van der Waals surface area contributed by atoms with Gasteiger partial charge in [-0.15, -0.1) is 0 Å². The minimum atomic E-state index is -1.57. The molecule has 0 aliphatic carbocycles. The molecule has 0 spiro atoms. The zero-order chi connectivity index (χ0) is 47.5. The predicted molar refractivity (Wildman–Crippen MR) is 228 cm³/mol. The maximum absolute atomic E-state index is 14.2. The van der Waals surface area contributed by atoms with E-state index in [0.717, 1.165) is 0 Å². The van der Waals surface area contributed by atoms with Gasteiger partial charge in [0.1, 0.15) is 0 Å². The lowest BCUT2D eigenvalue weighted by Gasteiger charge is -2.35. The van der Waals surface area contributed by atoms with E-state index < -0.39 is 105 Å². The summed E-state index contributed by atoms with van der Waals surface area (Å²) < 4.78 is 0. The molecule has 350 valence electrons. The van der Waals surface area contributed by atoms with Crippen LogP contribution >= 0.6 is 0 Å².